The number of carbonyl (C=O) groups is 1. The number of para-hydroxylation sites is 2. The molecule has 1 aromatic heterocycles. The Kier molecular flexibility index (Phi) is 4.77. The van der Waals surface area contributed by atoms with Crippen LogP contribution in [0.4, 0.5) is 0 Å². The van der Waals surface area contributed by atoms with Gasteiger partial charge in [0.15, 0.2) is 11.5 Å². The SMILES string of the molecule is CCCn1cnnc1C1CCN(C(=O)[C@@H]2COc3ccccc3O2)CC1. The number of likely N-dealkylation sites (tertiary alicyclic amines) is 1. The molecule has 1 fully saturated rings. The van der Waals surface area contributed by atoms with E-state index in [1.807, 2.05) is 29.2 Å². The second kappa shape index (κ2) is 7.35. The van der Waals surface area contributed by atoms with Crippen molar-refractivity contribution in [2.24, 2.45) is 0 Å². The maximum atomic E-state index is 12.8. The summed E-state index contributed by atoms with van der Waals surface area (Å²) in [6, 6.07) is 7.47. The Balaban J connectivity index is 1.36. The van der Waals surface area contributed by atoms with Gasteiger partial charge in [-0.1, -0.05) is 19.1 Å². The van der Waals surface area contributed by atoms with Crippen molar-refractivity contribution in [1.29, 1.82) is 0 Å². The minimum Gasteiger partial charge on any atom is -0.485 e. The molecule has 0 saturated carbocycles. The van der Waals surface area contributed by atoms with Crippen LogP contribution in [-0.4, -0.2) is 51.4 Å². The Bertz CT molecular complexity index is 768. The van der Waals surface area contributed by atoms with Crippen molar-refractivity contribution in [2.75, 3.05) is 19.7 Å². The molecule has 2 aliphatic heterocycles. The maximum absolute atomic E-state index is 12.8. The maximum Gasteiger partial charge on any atom is 0.267 e. The van der Waals surface area contributed by atoms with E-state index >= 15 is 0 Å². The van der Waals surface area contributed by atoms with Crippen LogP contribution in [0.5, 0.6) is 11.5 Å². The van der Waals surface area contributed by atoms with Crippen LogP contribution in [0.3, 0.4) is 0 Å². The van der Waals surface area contributed by atoms with Crippen LogP contribution in [-0.2, 0) is 11.3 Å². The average Bonchev–Trinajstić information content (AvgIpc) is 3.16. The van der Waals surface area contributed by atoms with Gasteiger partial charge in [0.2, 0.25) is 6.10 Å². The van der Waals surface area contributed by atoms with Gasteiger partial charge in [0.1, 0.15) is 18.8 Å². The molecule has 0 bridgehead atoms. The van der Waals surface area contributed by atoms with Gasteiger partial charge in [0, 0.05) is 25.6 Å². The van der Waals surface area contributed by atoms with Crippen LogP contribution in [0.2, 0.25) is 0 Å². The number of aromatic nitrogens is 3. The summed E-state index contributed by atoms with van der Waals surface area (Å²) in [7, 11) is 0. The highest BCUT2D eigenvalue weighted by Gasteiger charge is 2.34. The molecule has 2 aliphatic rings. The van der Waals surface area contributed by atoms with E-state index in [1.165, 1.54) is 0 Å². The molecule has 0 spiro atoms. The number of aryl methyl sites for hydroxylation is 1. The molecule has 4 rings (SSSR count). The van der Waals surface area contributed by atoms with Gasteiger partial charge in [0.05, 0.1) is 0 Å². The quantitative estimate of drug-likeness (QED) is 0.840. The van der Waals surface area contributed by atoms with Crippen molar-refractivity contribution >= 4 is 5.91 Å². The first kappa shape index (κ1) is 16.9. The van der Waals surface area contributed by atoms with E-state index in [1.54, 1.807) is 6.33 Å². The van der Waals surface area contributed by atoms with Crippen LogP contribution >= 0.6 is 0 Å². The molecule has 1 atom stereocenters. The first-order valence-electron chi connectivity index (χ1n) is 9.31. The summed E-state index contributed by atoms with van der Waals surface area (Å²) in [6.07, 6.45) is 4.10. The molecule has 3 heterocycles. The lowest BCUT2D eigenvalue weighted by Crippen LogP contribution is -2.49. The van der Waals surface area contributed by atoms with Gasteiger partial charge >= 0.3 is 0 Å². The zero-order chi connectivity index (χ0) is 17.9. The molecule has 1 saturated heterocycles. The second-order valence-corrected chi connectivity index (χ2v) is 6.85. The number of piperidine rings is 1. The monoisotopic (exact) mass is 356 g/mol. The summed E-state index contributed by atoms with van der Waals surface area (Å²) in [5, 5.41) is 8.37. The van der Waals surface area contributed by atoms with E-state index in [-0.39, 0.29) is 12.5 Å². The van der Waals surface area contributed by atoms with Gasteiger partial charge in [-0.25, -0.2) is 0 Å². The Morgan fingerprint density at radius 2 is 2.00 bits per heavy atom. The summed E-state index contributed by atoms with van der Waals surface area (Å²) in [5.74, 6) is 2.75. The Labute approximate surface area is 152 Å². The van der Waals surface area contributed by atoms with E-state index in [9.17, 15) is 4.79 Å². The molecule has 0 radical (unpaired) electrons. The van der Waals surface area contributed by atoms with Crippen molar-refractivity contribution in [3.63, 3.8) is 0 Å². The third kappa shape index (κ3) is 3.25. The lowest BCUT2D eigenvalue weighted by atomic mass is 9.95. The molecule has 26 heavy (non-hydrogen) atoms. The number of nitrogens with zero attached hydrogens (tertiary/aromatic N) is 4. The molecule has 1 amide bonds. The minimum absolute atomic E-state index is 0.00739. The van der Waals surface area contributed by atoms with Crippen molar-refractivity contribution in [1.82, 2.24) is 19.7 Å². The van der Waals surface area contributed by atoms with Gasteiger partial charge in [0.25, 0.3) is 5.91 Å². The number of amides is 1. The van der Waals surface area contributed by atoms with Crippen molar-refractivity contribution in [3.05, 3.63) is 36.4 Å². The fraction of sp³-hybridized carbons (Fsp3) is 0.526. The molecular formula is C19H24N4O3. The minimum atomic E-state index is -0.565. The van der Waals surface area contributed by atoms with Gasteiger partial charge in [-0.15, -0.1) is 10.2 Å². The average molecular weight is 356 g/mol. The zero-order valence-electron chi connectivity index (χ0n) is 15.0. The standard InChI is InChI=1S/C19H24N4O3/c1-2-9-23-13-20-21-18(23)14-7-10-22(11-8-14)19(24)17-12-25-15-5-3-4-6-16(15)26-17/h3-6,13-14,17H,2,7-12H2,1H3/t17-/m0/s1. The van der Waals surface area contributed by atoms with E-state index in [2.05, 4.69) is 21.7 Å². The normalized spacial score (nSPS) is 20.2. The van der Waals surface area contributed by atoms with Crippen molar-refractivity contribution in [3.8, 4) is 11.5 Å². The molecule has 138 valence electrons. The highest BCUT2D eigenvalue weighted by atomic mass is 16.6. The van der Waals surface area contributed by atoms with Crippen LogP contribution in [0.1, 0.15) is 37.9 Å². The molecule has 0 unspecified atom stereocenters. The predicted octanol–water partition coefficient (Wildman–Crippen LogP) is 2.23. The number of hydrogen-bond acceptors (Lipinski definition) is 5. The zero-order valence-corrected chi connectivity index (χ0v) is 15.0. The number of benzene rings is 1. The molecule has 0 N–H and O–H groups in total. The van der Waals surface area contributed by atoms with Gasteiger partial charge in [-0.3, -0.25) is 4.79 Å². The predicted molar refractivity (Wildman–Crippen MR) is 95.2 cm³/mol. The summed E-state index contributed by atoms with van der Waals surface area (Å²) >= 11 is 0. The smallest absolute Gasteiger partial charge is 0.267 e. The number of carbonyl (C=O) groups excluding carboxylic acids is 1. The third-order valence-electron chi connectivity index (χ3n) is 5.07. The topological polar surface area (TPSA) is 69.5 Å². The molecule has 2 aromatic rings. The lowest BCUT2D eigenvalue weighted by Gasteiger charge is -2.35. The van der Waals surface area contributed by atoms with Crippen LogP contribution < -0.4 is 9.47 Å². The summed E-state index contributed by atoms with van der Waals surface area (Å²) in [6.45, 7) is 4.78. The number of rotatable bonds is 4. The first-order chi connectivity index (χ1) is 12.8. The number of ether oxygens (including phenoxy) is 2. The van der Waals surface area contributed by atoms with Gasteiger partial charge in [-0.2, -0.15) is 0 Å². The molecular weight excluding hydrogens is 332 g/mol. The van der Waals surface area contributed by atoms with Gasteiger partial charge in [-0.05, 0) is 31.4 Å². The Morgan fingerprint density at radius 1 is 1.23 bits per heavy atom. The van der Waals surface area contributed by atoms with Crippen LogP contribution in [0.25, 0.3) is 0 Å². The summed E-state index contributed by atoms with van der Waals surface area (Å²) < 4.78 is 13.7. The summed E-state index contributed by atoms with van der Waals surface area (Å²) in [4.78, 5) is 14.7. The van der Waals surface area contributed by atoms with E-state index in [0.29, 0.717) is 30.5 Å². The van der Waals surface area contributed by atoms with Crippen molar-refractivity contribution < 1.29 is 14.3 Å². The highest BCUT2D eigenvalue weighted by Crippen LogP contribution is 2.32. The van der Waals surface area contributed by atoms with E-state index in [4.69, 9.17) is 9.47 Å². The molecule has 7 nitrogen and oxygen atoms in total. The highest BCUT2D eigenvalue weighted by molar-refractivity contribution is 5.82. The lowest BCUT2D eigenvalue weighted by molar-refractivity contribution is -0.142. The Hall–Kier alpha value is -2.57. The second-order valence-electron chi connectivity index (χ2n) is 6.85. The number of hydrogen-bond donors (Lipinski definition) is 0. The third-order valence-corrected chi connectivity index (χ3v) is 5.07. The van der Waals surface area contributed by atoms with Crippen LogP contribution in [0.15, 0.2) is 30.6 Å². The van der Waals surface area contributed by atoms with Crippen LogP contribution in [0, 0.1) is 0 Å². The van der Waals surface area contributed by atoms with Gasteiger partial charge < -0.3 is 18.9 Å². The van der Waals surface area contributed by atoms with E-state index < -0.39 is 6.10 Å². The first-order valence-corrected chi connectivity index (χ1v) is 9.31. The Morgan fingerprint density at radius 3 is 2.77 bits per heavy atom. The van der Waals surface area contributed by atoms with Crippen molar-refractivity contribution in [2.45, 2.75) is 44.8 Å². The molecule has 1 aromatic carbocycles. The van der Waals surface area contributed by atoms with E-state index in [0.717, 1.165) is 31.6 Å². The number of fused-ring (bicyclic) bond motifs is 1. The summed E-state index contributed by atoms with van der Waals surface area (Å²) in [5.41, 5.74) is 0. The largest absolute Gasteiger partial charge is 0.485 e. The fourth-order valence-electron chi connectivity index (χ4n) is 3.70. The molecule has 0 aliphatic carbocycles. The fourth-order valence-corrected chi connectivity index (χ4v) is 3.70. The molecule has 7 heteroatoms.